The van der Waals surface area contributed by atoms with E-state index in [9.17, 15) is 4.79 Å². The van der Waals surface area contributed by atoms with E-state index in [1.54, 1.807) is 0 Å². The highest BCUT2D eigenvalue weighted by Crippen LogP contribution is 2.43. The molecule has 0 radical (unpaired) electrons. The number of carbonyl (C=O) groups is 1. The van der Waals surface area contributed by atoms with E-state index in [0.29, 0.717) is 18.0 Å². The lowest BCUT2D eigenvalue weighted by Gasteiger charge is -2.42. The summed E-state index contributed by atoms with van der Waals surface area (Å²) >= 11 is 0. The Morgan fingerprint density at radius 2 is 1.82 bits per heavy atom. The van der Waals surface area contributed by atoms with Crippen LogP contribution < -0.4 is 5.32 Å². The monoisotopic (exact) mass is 238 g/mol. The molecule has 3 atom stereocenters. The van der Waals surface area contributed by atoms with Crippen molar-refractivity contribution in [3.63, 3.8) is 0 Å². The molecule has 1 saturated carbocycles. The maximum atomic E-state index is 12.7. The lowest BCUT2D eigenvalue weighted by molar-refractivity contribution is -0.144. The Bertz CT molecular complexity index is 291. The van der Waals surface area contributed by atoms with Gasteiger partial charge >= 0.3 is 0 Å². The van der Waals surface area contributed by atoms with Crippen molar-refractivity contribution in [2.45, 2.75) is 59.0 Å². The zero-order chi connectivity index (χ0) is 12.6. The van der Waals surface area contributed by atoms with Gasteiger partial charge in [0.1, 0.15) is 0 Å². The van der Waals surface area contributed by atoms with Crippen molar-refractivity contribution in [3.8, 4) is 0 Å². The fourth-order valence-corrected chi connectivity index (χ4v) is 3.53. The molecule has 1 heterocycles. The van der Waals surface area contributed by atoms with Crippen LogP contribution in [0.3, 0.4) is 0 Å². The number of piperazine rings is 1. The van der Waals surface area contributed by atoms with Gasteiger partial charge in [-0.05, 0) is 32.1 Å². The van der Waals surface area contributed by atoms with Crippen molar-refractivity contribution >= 4 is 5.91 Å². The predicted molar refractivity (Wildman–Crippen MR) is 69.8 cm³/mol. The Hall–Kier alpha value is -0.570. The average Bonchev–Trinajstić information content (AvgIpc) is 2.57. The van der Waals surface area contributed by atoms with Crippen LogP contribution in [0.15, 0.2) is 0 Å². The molecule has 3 nitrogen and oxygen atoms in total. The fraction of sp³-hybridized carbons (Fsp3) is 0.929. The zero-order valence-corrected chi connectivity index (χ0v) is 11.6. The van der Waals surface area contributed by atoms with Gasteiger partial charge in [0.15, 0.2) is 0 Å². The molecule has 0 bridgehead atoms. The maximum absolute atomic E-state index is 12.7. The molecule has 1 N–H and O–H groups in total. The summed E-state index contributed by atoms with van der Waals surface area (Å²) in [6.07, 6.45) is 3.48. The molecule has 0 aromatic carbocycles. The van der Waals surface area contributed by atoms with Gasteiger partial charge in [-0.15, -0.1) is 0 Å². The van der Waals surface area contributed by atoms with Crippen LogP contribution in [0.5, 0.6) is 0 Å². The van der Waals surface area contributed by atoms with Crippen LogP contribution in [-0.4, -0.2) is 36.0 Å². The van der Waals surface area contributed by atoms with E-state index in [4.69, 9.17) is 0 Å². The number of nitrogens with zero attached hydrogens (tertiary/aromatic N) is 1. The fourth-order valence-electron chi connectivity index (χ4n) is 3.53. The molecule has 2 aliphatic rings. The van der Waals surface area contributed by atoms with Crippen LogP contribution in [0, 0.1) is 11.3 Å². The Labute approximate surface area is 105 Å². The molecular weight excluding hydrogens is 212 g/mol. The first kappa shape index (κ1) is 12.9. The second-order valence-electron chi connectivity index (χ2n) is 6.54. The van der Waals surface area contributed by atoms with Crippen molar-refractivity contribution in [1.29, 1.82) is 0 Å². The van der Waals surface area contributed by atoms with Crippen molar-refractivity contribution in [3.05, 3.63) is 0 Å². The molecule has 0 spiro atoms. The first-order valence-electron chi connectivity index (χ1n) is 6.96. The Kier molecular flexibility index (Phi) is 3.48. The number of nitrogens with one attached hydrogen (secondary N) is 1. The summed E-state index contributed by atoms with van der Waals surface area (Å²) in [5.41, 5.74) is 0.196. The summed E-state index contributed by atoms with van der Waals surface area (Å²) in [4.78, 5) is 14.9. The molecule has 1 saturated heterocycles. The molecule has 0 aromatic rings. The third-order valence-corrected chi connectivity index (χ3v) is 4.64. The third-order valence-electron chi connectivity index (χ3n) is 4.64. The maximum Gasteiger partial charge on any atom is 0.226 e. The number of amides is 1. The number of hydrogen-bond acceptors (Lipinski definition) is 2. The molecule has 98 valence electrons. The van der Waals surface area contributed by atoms with Gasteiger partial charge in [-0.25, -0.2) is 0 Å². The van der Waals surface area contributed by atoms with Crippen molar-refractivity contribution in [1.82, 2.24) is 10.2 Å². The summed E-state index contributed by atoms with van der Waals surface area (Å²) in [5.74, 6) is 0.638. The van der Waals surface area contributed by atoms with Crippen LogP contribution in [-0.2, 0) is 4.79 Å². The van der Waals surface area contributed by atoms with Gasteiger partial charge in [-0.1, -0.05) is 20.3 Å². The van der Waals surface area contributed by atoms with E-state index < -0.39 is 0 Å². The number of rotatable bonds is 1. The molecular formula is C14H26N2O. The van der Waals surface area contributed by atoms with Gasteiger partial charge < -0.3 is 10.2 Å². The van der Waals surface area contributed by atoms with Crippen LogP contribution in [0.4, 0.5) is 0 Å². The molecule has 17 heavy (non-hydrogen) atoms. The summed E-state index contributed by atoms with van der Waals surface area (Å²) in [7, 11) is 0. The Morgan fingerprint density at radius 1 is 1.24 bits per heavy atom. The minimum atomic E-state index is 0.196. The smallest absolute Gasteiger partial charge is 0.226 e. The van der Waals surface area contributed by atoms with E-state index in [2.05, 4.69) is 37.9 Å². The second kappa shape index (κ2) is 4.60. The quantitative estimate of drug-likeness (QED) is 0.758. The predicted octanol–water partition coefficient (Wildman–Crippen LogP) is 2.02. The summed E-state index contributed by atoms with van der Waals surface area (Å²) in [6, 6.07) is 0.672. The Morgan fingerprint density at radius 3 is 2.29 bits per heavy atom. The highest BCUT2D eigenvalue weighted by atomic mass is 16.2. The van der Waals surface area contributed by atoms with E-state index in [1.807, 2.05) is 0 Å². The van der Waals surface area contributed by atoms with Crippen molar-refractivity contribution in [2.24, 2.45) is 11.3 Å². The molecule has 1 amide bonds. The topological polar surface area (TPSA) is 32.3 Å². The summed E-state index contributed by atoms with van der Waals surface area (Å²) < 4.78 is 0. The highest BCUT2D eigenvalue weighted by molar-refractivity contribution is 5.80. The minimum absolute atomic E-state index is 0.196. The standard InChI is InChI=1S/C14H26N2O/c1-10-8-15-9-11(2)16(10)13(17)12-6-5-7-14(12,3)4/h10-12,15H,5-9H2,1-4H3. The molecule has 0 aromatic heterocycles. The second-order valence-corrected chi connectivity index (χ2v) is 6.54. The van der Waals surface area contributed by atoms with Crippen LogP contribution in [0.1, 0.15) is 47.0 Å². The SMILES string of the molecule is CC1CNCC(C)N1C(=O)C1CCCC1(C)C. The van der Waals surface area contributed by atoms with E-state index in [1.165, 1.54) is 12.8 Å². The zero-order valence-electron chi connectivity index (χ0n) is 11.6. The van der Waals surface area contributed by atoms with Gasteiger partial charge in [-0.3, -0.25) is 4.79 Å². The lowest BCUT2D eigenvalue weighted by Crippen LogP contribution is -2.59. The van der Waals surface area contributed by atoms with Gasteiger partial charge in [0.25, 0.3) is 0 Å². The van der Waals surface area contributed by atoms with Gasteiger partial charge in [-0.2, -0.15) is 0 Å². The van der Waals surface area contributed by atoms with Gasteiger partial charge in [0.2, 0.25) is 5.91 Å². The van der Waals surface area contributed by atoms with E-state index in [0.717, 1.165) is 19.5 Å². The summed E-state index contributed by atoms with van der Waals surface area (Å²) in [5, 5.41) is 3.39. The average molecular weight is 238 g/mol. The van der Waals surface area contributed by atoms with Gasteiger partial charge in [0, 0.05) is 31.1 Å². The van der Waals surface area contributed by atoms with E-state index in [-0.39, 0.29) is 11.3 Å². The normalized spacial score (nSPS) is 37.2. The molecule has 1 aliphatic carbocycles. The number of carbonyl (C=O) groups excluding carboxylic acids is 1. The van der Waals surface area contributed by atoms with Crippen LogP contribution >= 0.6 is 0 Å². The largest absolute Gasteiger partial charge is 0.334 e. The van der Waals surface area contributed by atoms with E-state index >= 15 is 0 Å². The summed E-state index contributed by atoms with van der Waals surface area (Å²) in [6.45, 7) is 10.7. The van der Waals surface area contributed by atoms with Crippen LogP contribution in [0.25, 0.3) is 0 Å². The molecule has 3 heteroatoms. The van der Waals surface area contributed by atoms with Gasteiger partial charge in [0.05, 0.1) is 0 Å². The molecule has 2 fully saturated rings. The van der Waals surface area contributed by atoms with Crippen molar-refractivity contribution in [2.75, 3.05) is 13.1 Å². The number of hydrogen-bond donors (Lipinski definition) is 1. The Balaban J connectivity index is 2.13. The molecule has 1 aliphatic heterocycles. The van der Waals surface area contributed by atoms with Crippen LogP contribution in [0.2, 0.25) is 0 Å². The first-order valence-corrected chi connectivity index (χ1v) is 6.96. The first-order chi connectivity index (χ1) is 7.93. The molecule has 2 rings (SSSR count). The molecule has 3 unspecified atom stereocenters. The highest BCUT2D eigenvalue weighted by Gasteiger charge is 2.43. The third kappa shape index (κ3) is 2.35. The minimum Gasteiger partial charge on any atom is -0.334 e. The lowest BCUT2D eigenvalue weighted by atomic mass is 9.80. The van der Waals surface area contributed by atoms with Crippen molar-refractivity contribution < 1.29 is 4.79 Å².